The first-order valence-corrected chi connectivity index (χ1v) is 18.1. The summed E-state index contributed by atoms with van der Waals surface area (Å²) >= 11 is 0. The molecule has 0 bridgehead atoms. The van der Waals surface area contributed by atoms with E-state index in [-0.39, 0.29) is 12.4 Å². The second kappa shape index (κ2) is 40.3. The first-order chi connectivity index (χ1) is 25.4. The Balaban J connectivity index is 3.97. The van der Waals surface area contributed by atoms with Gasteiger partial charge in [0, 0.05) is 19.6 Å². The van der Waals surface area contributed by atoms with E-state index < -0.39 is 5.60 Å². The van der Waals surface area contributed by atoms with Gasteiger partial charge < -0.3 is 61.6 Å². The number of carbonyl (C=O) groups excluding carboxylic acids is 1. The Morgan fingerprint density at radius 1 is 0.423 bits per heavy atom. The third-order valence-corrected chi connectivity index (χ3v) is 6.24. The maximum atomic E-state index is 11.7. The van der Waals surface area contributed by atoms with Crippen LogP contribution in [0.4, 0.5) is 0 Å². The number of hydrogen-bond donors (Lipinski definition) is 0. The molecular formula is C37H67NO14. The lowest BCUT2D eigenvalue weighted by molar-refractivity contribution is -0.156. The second-order valence-corrected chi connectivity index (χ2v) is 11.8. The summed E-state index contributed by atoms with van der Waals surface area (Å²) in [6.45, 7) is 18.8. The molecule has 0 N–H and O–H groups in total. The fourth-order valence-electron chi connectivity index (χ4n) is 3.81. The lowest BCUT2D eigenvalue weighted by Crippen LogP contribution is -2.34. The Kier molecular flexibility index (Phi) is 38.8. The van der Waals surface area contributed by atoms with E-state index >= 15 is 0 Å². The summed E-state index contributed by atoms with van der Waals surface area (Å²) in [5.74, 6) is 4.55. The fraction of sp³-hybridized carbons (Fsp3) is 0.865. The highest BCUT2D eigenvalue weighted by molar-refractivity contribution is 5.69. The molecule has 0 aliphatic carbocycles. The van der Waals surface area contributed by atoms with E-state index in [1.807, 2.05) is 20.8 Å². The SMILES string of the molecule is C#CCOCCOCCOCCOCCN(CCOCCOCCOCCOCC#C)CCOCCOCCOCCOCCC(=O)OC(C)(C)C. The van der Waals surface area contributed by atoms with Crippen molar-refractivity contribution in [2.45, 2.75) is 32.8 Å². The first-order valence-electron chi connectivity index (χ1n) is 18.1. The van der Waals surface area contributed by atoms with Crippen LogP contribution >= 0.6 is 0 Å². The van der Waals surface area contributed by atoms with Crippen molar-refractivity contribution in [3.63, 3.8) is 0 Å². The normalized spacial score (nSPS) is 11.6. The maximum absolute atomic E-state index is 11.7. The molecule has 304 valence electrons. The van der Waals surface area contributed by atoms with E-state index in [9.17, 15) is 4.79 Å². The Bertz CT molecular complexity index is 806. The summed E-state index contributed by atoms with van der Waals surface area (Å²) in [5, 5.41) is 0. The molecule has 0 aromatic carbocycles. The van der Waals surface area contributed by atoms with Crippen LogP contribution in [0.1, 0.15) is 27.2 Å². The van der Waals surface area contributed by atoms with Crippen LogP contribution in [-0.4, -0.2) is 195 Å². The topological polar surface area (TPSA) is 140 Å². The van der Waals surface area contributed by atoms with Crippen LogP contribution in [0.5, 0.6) is 0 Å². The smallest absolute Gasteiger partial charge is 0.308 e. The van der Waals surface area contributed by atoms with Crippen molar-refractivity contribution >= 4 is 5.97 Å². The highest BCUT2D eigenvalue weighted by Crippen LogP contribution is 2.08. The van der Waals surface area contributed by atoms with Crippen molar-refractivity contribution in [2.24, 2.45) is 0 Å². The van der Waals surface area contributed by atoms with Gasteiger partial charge in [-0.05, 0) is 20.8 Å². The van der Waals surface area contributed by atoms with Crippen LogP contribution in [0.2, 0.25) is 0 Å². The van der Waals surface area contributed by atoms with Crippen LogP contribution in [0.3, 0.4) is 0 Å². The predicted octanol–water partition coefficient (Wildman–Crippen LogP) is 1.49. The van der Waals surface area contributed by atoms with Gasteiger partial charge >= 0.3 is 5.97 Å². The lowest BCUT2D eigenvalue weighted by Gasteiger charge is -2.22. The number of terminal acetylenes is 2. The quantitative estimate of drug-likeness (QED) is 0.0506. The lowest BCUT2D eigenvalue weighted by atomic mass is 10.2. The second-order valence-electron chi connectivity index (χ2n) is 11.8. The molecule has 0 aliphatic rings. The number of hydrogen-bond acceptors (Lipinski definition) is 15. The molecule has 15 heteroatoms. The summed E-state index contributed by atoms with van der Waals surface area (Å²) in [7, 11) is 0. The average molecular weight is 750 g/mol. The Morgan fingerprint density at radius 3 is 0.942 bits per heavy atom. The summed E-state index contributed by atoms with van der Waals surface area (Å²) in [4.78, 5) is 13.9. The van der Waals surface area contributed by atoms with Crippen molar-refractivity contribution in [2.75, 3.05) is 178 Å². The third kappa shape index (κ3) is 42.5. The Hall–Kier alpha value is -1.93. The van der Waals surface area contributed by atoms with Crippen LogP contribution in [0, 0.1) is 24.7 Å². The van der Waals surface area contributed by atoms with Crippen LogP contribution < -0.4 is 0 Å². The zero-order valence-corrected chi connectivity index (χ0v) is 32.1. The molecule has 0 heterocycles. The molecule has 15 nitrogen and oxygen atoms in total. The van der Waals surface area contributed by atoms with Crippen molar-refractivity contribution < 1.29 is 66.4 Å². The molecule has 0 radical (unpaired) electrons. The molecule has 0 aromatic heterocycles. The summed E-state index contributed by atoms with van der Waals surface area (Å²) < 4.78 is 71.2. The van der Waals surface area contributed by atoms with Gasteiger partial charge in [-0.3, -0.25) is 9.69 Å². The molecule has 0 aliphatic heterocycles. The van der Waals surface area contributed by atoms with Crippen LogP contribution in [0.25, 0.3) is 0 Å². The number of rotatable bonds is 41. The van der Waals surface area contributed by atoms with Gasteiger partial charge in [-0.25, -0.2) is 0 Å². The molecule has 0 saturated heterocycles. The molecule has 0 fully saturated rings. The highest BCUT2D eigenvalue weighted by Gasteiger charge is 2.15. The molecule has 0 saturated carbocycles. The number of nitrogens with zero attached hydrogens (tertiary/aromatic N) is 1. The monoisotopic (exact) mass is 749 g/mol. The van der Waals surface area contributed by atoms with E-state index in [0.29, 0.717) is 159 Å². The summed E-state index contributed by atoms with van der Waals surface area (Å²) in [5.41, 5.74) is -0.487. The molecule has 0 spiro atoms. The van der Waals surface area contributed by atoms with Gasteiger partial charge in [-0.2, -0.15) is 0 Å². The molecule has 0 aromatic rings. The molecular weight excluding hydrogens is 682 g/mol. The molecule has 52 heavy (non-hydrogen) atoms. The zero-order valence-electron chi connectivity index (χ0n) is 32.1. The van der Waals surface area contributed by atoms with E-state index in [1.54, 1.807) is 0 Å². The van der Waals surface area contributed by atoms with E-state index in [1.165, 1.54) is 0 Å². The largest absolute Gasteiger partial charge is 0.460 e. The van der Waals surface area contributed by atoms with Gasteiger partial charge in [0.15, 0.2) is 0 Å². The number of ether oxygens (including phenoxy) is 13. The van der Waals surface area contributed by atoms with Gasteiger partial charge in [0.05, 0.1) is 152 Å². The van der Waals surface area contributed by atoms with Gasteiger partial charge in [0.25, 0.3) is 0 Å². The van der Waals surface area contributed by atoms with Gasteiger partial charge in [-0.1, -0.05) is 11.8 Å². The van der Waals surface area contributed by atoms with E-state index in [4.69, 9.17) is 74.4 Å². The maximum Gasteiger partial charge on any atom is 0.308 e. The van der Waals surface area contributed by atoms with Gasteiger partial charge in [-0.15, -0.1) is 12.8 Å². The summed E-state index contributed by atoms with van der Waals surface area (Å²) in [6, 6.07) is 0. The Labute approximate surface area is 312 Å². The molecule has 0 amide bonds. The minimum absolute atomic E-state index is 0.220. The Morgan fingerprint density at radius 2 is 0.673 bits per heavy atom. The van der Waals surface area contributed by atoms with Crippen molar-refractivity contribution in [3.05, 3.63) is 0 Å². The van der Waals surface area contributed by atoms with E-state index in [2.05, 4.69) is 16.7 Å². The zero-order chi connectivity index (χ0) is 38.1. The standard InChI is InChI=1S/C37H67NO14/c1-6-12-40-18-24-46-30-33-49-27-21-43-15-9-38(10-16-44-22-28-50-34-31-47-25-19-41-13-7-2)11-17-45-23-29-51-35-32-48-26-20-42-14-8-36(39)52-37(3,4)5/h1-2H,8-35H2,3-5H3. The van der Waals surface area contributed by atoms with Crippen molar-refractivity contribution in [1.29, 1.82) is 0 Å². The minimum Gasteiger partial charge on any atom is -0.460 e. The molecule has 0 atom stereocenters. The number of esters is 1. The summed E-state index contributed by atoms with van der Waals surface area (Å²) in [6.07, 6.45) is 10.5. The predicted molar refractivity (Wildman–Crippen MR) is 194 cm³/mol. The van der Waals surface area contributed by atoms with Crippen molar-refractivity contribution in [3.8, 4) is 24.7 Å². The van der Waals surface area contributed by atoms with Crippen molar-refractivity contribution in [1.82, 2.24) is 4.90 Å². The van der Waals surface area contributed by atoms with Crippen LogP contribution in [-0.2, 0) is 66.4 Å². The number of carbonyl (C=O) groups is 1. The molecule has 0 rings (SSSR count). The van der Waals surface area contributed by atoms with Gasteiger partial charge in [0.2, 0.25) is 0 Å². The van der Waals surface area contributed by atoms with Crippen LogP contribution in [0.15, 0.2) is 0 Å². The fourth-order valence-corrected chi connectivity index (χ4v) is 3.81. The average Bonchev–Trinajstić information content (AvgIpc) is 3.11. The molecule has 0 unspecified atom stereocenters. The van der Waals surface area contributed by atoms with Gasteiger partial charge in [0.1, 0.15) is 18.8 Å². The minimum atomic E-state index is -0.487. The first kappa shape index (κ1) is 50.1. The van der Waals surface area contributed by atoms with E-state index in [0.717, 1.165) is 19.6 Å². The third-order valence-electron chi connectivity index (χ3n) is 6.24. The highest BCUT2D eigenvalue weighted by atomic mass is 16.6.